The maximum absolute atomic E-state index is 15.6. The van der Waals surface area contributed by atoms with Crippen molar-refractivity contribution in [3.8, 4) is 11.5 Å². The van der Waals surface area contributed by atoms with E-state index in [0.29, 0.717) is 35.3 Å². The van der Waals surface area contributed by atoms with E-state index in [9.17, 15) is 4.39 Å². The molecule has 3 heterocycles. The molecule has 7 rings (SSSR count). The second-order valence-corrected chi connectivity index (χ2v) is 13.4. The number of fused-ring (bicyclic) bond motifs is 1. The number of benzene rings is 3. The smallest absolute Gasteiger partial charge is 0.240 e. The number of allylic oxidation sites excluding steroid dienone is 1. The SMILES string of the molecule is COc1ccc(C(=C(c2ccc(OCCN3CCC(CF)C3)cc2)c2ccc3c(c2)c(F)nn3C2CCCCO2)C2CCC2)c(Cl)c1. The highest BCUT2D eigenvalue weighted by molar-refractivity contribution is 6.33. The van der Waals surface area contributed by atoms with Crippen molar-refractivity contribution < 1.29 is 23.0 Å². The van der Waals surface area contributed by atoms with Crippen molar-refractivity contribution in [1.82, 2.24) is 14.7 Å². The molecule has 0 bridgehead atoms. The fourth-order valence-corrected chi connectivity index (χ4v) is 7.49. The number of aromatic nitrogens is 2. The molecule has 9 heteroatoms. The van der Waals surface area contributed by atoms with Gasteiger partial charge in [-0.1, -0.05) is 36.2 Å². The Morgan fingerprint density at radius 2 is 1.77 bits per heavy atom. The maximum Gasteiger partial charge on any atom is 0.240 e. The van der Waals surface area contributed by atoms with Gasteiger partial charge < -0.3 is 14.2 Å². The Kier molecular flexibility index (Phi) is 9.80. The van der Waals surface area contributed by atoms with Crippen LogP contribution in [0.25, 0.3) is 22.0 Å². The molecule has 2 atom stereocenters. The molecule has 0 N–H and O–H groups in total. The summed E-state index contributed by atoms with van der Waals surface area (Å²) in [5, 5.41) is 5.39. The fourth-order valence-electron chi connectivity index (χ4n) is 7.22. The molecular weight excluding hydrogens is 620 g/mol. The predicted octanol–water partition coefficient (Wildman–Crippen LogP) is 8.97. The molecule has 248 valence electrons. The van der Waals surface area contributed by atoms with Gasteiger partial charge >= 0.3 is 0 Å². The molecular formula is C38H42ClF2N3O3. The molecule has 1 aliphatic carbocycles. The molecule has 2 unspecified atom stereocenters. The number of rotatable bonds is 11. The van der Waals surface area contributed by atoms with E-state index in [1.807, 2.05) is 42.5 Å². The highest BCUT2D eigenvalue weighted by atomic mass is 35.5. The van der Waals surface area contributed by atoms with Crippen LogP contribution in [0.5, 0.6) is 11.5 Å². The molecule has 2 saturated heterocycles. The largest absolute Gasteiger partial charge is 0.497 e. The summed E-state index contributed by atoms with van der Waals surface area (Å²) >= 11 is 6.97. The van der Waals surface area contributed by atoms with Crippen molar-refractivity contribution in [3.63, 3.8) is 0 Å². The zero-order chi connectivity index (χ0) is 32.3. The fraction of sp³-hybridized carbons (Fsp3) is 0.447. The zero-order valence-corrected chi connectivity index (χ0v) is 27.7. The Balaban J connectivity index is 1.27. The van der Waals surface area contributed by atoms with E-state index in [0.717, 1.165) is 104 Å². The molecule has 1 aromatic heterocycles. The quantitative estimate of drug-likeness (QED) is 0.150. The summed E-state index contributed by atoms with van der Waals surface area (Å²) in [6, 6.07) is 20.0. The third kappa shape index (κ3) is 6.78. The first kappa shape index (κ1) is 32.1. The lowest BCUT2D eigenvalue weighted by Gasteiger charge is -2.32. The monoisotopic (exact) mass is 661 g/mol. The number of ether oxygens (including phenoxy) is 3. The lowest BCUT2D eigenvalue weighted by atomic mass is 9.73. The first-order chi connectivity index (χ1) is 23.0. The predicted molar refractivity (Wildman–Crippen MR) is 182 cm³/mol. The molecule has 6 nitrogen and oxygen atoms in total. The Bertz CT molecular complexity index is 1730. The van der Waals surface area contributed by atoms with Gasteiger partial charge in [-0.25, -0.2) is 4.68 Å². The summed E-state index contributed by atoms with van der Waals surface area (Å²) in [5.41, 5.74) is 5.75. The van der Waals surface area contributed by atoms with Gasteiger partial charge in [-0.3, -0.25) is 9.29 Å². The van der Waals surface area contributed by atoms with Crippen LogP contribution in [0.15, 0.2) is 60.7 Å². The van der Waals surface area contributed by atoms with Crippen molar-refractivity contribution >= 4 is 33.7 Å². The van der Waals surface area contributed by atoms with Crippen molar-refractivity contribution in [2.45, 2.75) is 51.2 Å². The van der Waals surface area contributed by atoms with Crippen LogP contribution in [0.2, 0.25) is 5.02 Å². The summed E-state index contributed by atoms with van der Waals surface area (Å²) < 4.78 is 47.9. The third-order valence-electron chi connectivity index (χ3n) is 10.0. The number of hydrogen-bond acceptors (Lipinski definition) is 5. The Morgan fingerprint density at radius 3 is 2.45 bits per heavy atom. The average molecular weight is 662 g/mol. The van der Waals surface area contributed by atoms with Gasteiger partial charge in [-0.15, -0.1) is 5.10 Å². The van der Waals surface area contributed by atoms with Gasteiger partial charge in [0.2, 0.25) is 5.95 Å². The summed E-state index contributed by atoms with van der Waals surface area (Å²) in [6.45, 7) is 3.43. The zero-order valence-electron chi connectivity index (χ0n) is 26.9. The lowest BCUT2D eigenvalue weighted by Crippen LogP contribution is -2.26. The van der Waals surface area contributed by atoms with Crippen molar-refractivity contribution in [1.29, 1.82) is 0 Å². The van der Waals surface area contributed by atoms with Crippen LogP contribution in [0, 0.1) is 17.8 Å². The van der Waals surface area contributed by atoms with E-state index in [1.54, 1.807) is 11.8 Å². The first-order valence-corrected chi connectivity index (χ1v) is 17.3. The number of methoxy groups -OCH3 is 1. The maximum atomic E-state index is 15.6. The van der Waals surface area contributed by atoms with Gasteiger partial charge in [0.05, 0.1) is 29.7 Å². The van der Waals surface area contributed by atoms with E-state index in [4.69, 9.17) is 25.8 Å². The molecule has 3 aromatic carbocycles. The minimum atomic E-state index is -0.498. The van der Waals surface area contributed by atoms with Crippen molar-refractivity contribution in [2.24, 2.45) is 11.8 Å². The Labute approximate surface area is 280 Å². The summed E-state index contributed by atoms with van der Waals surface area (Å²) in [4.78, 5) is 2.26. The van der Waals surface area contributed by atoms with Crippen molar-refractivity contribution in [2.75, 3.05) is 46.6 Å². The molecule has 1 saturated carbocycles. The standard InChI is InChI=1S/C38H42ClF2N3O3/c1-45-30-13-14-31(33(39)22-30)37(26-5-4-6-26)36(27-8-11-29(12-9-27)46-20-18-43-17-16-25(23-40)24-43)28-10-15-34-32(21-28)38(41)42-44(34)35-7-2-3-19-47-35/h8-15,21-22,25-26,35H,2-7,16-20,23-24H2,1H3. The molecule has 3 aliphatic rings. The normalized spacial score (nSPS) is 21.1. The summed E-state index contributed by atoms with van der Waals surface area (Å²) in [6.07, 6.45) is 6.75. The minimum absolute atomic E-state index is 0.145. The van der Waals surface area contributed by atoms with Crippen LogP contribution in [0.3, 0.4) is 0 Å². The van der Waals surface area contributed by atoms with E-state index in [-0.39, 0.29) is 18.8 Å². The molecule has 0 amide bonds. The van der Waals surface area contributed by atoms with E-state index >= 15 is 4.39 Å². The van der Waals surface area contributed by atoms with E-state index < -0.39 is 5.95 Å². The van der Waals surface area contributed by atoms with E-state index in [1.165, 1.54) is 0 Å². The molecule has 4 aromatic rings. The van der Waals surface area contributed by atoms with Gasteiger partial charge in [0.1, 0.15) is 18.1 Å². The average Bonchev–Trinajstić information content (AvgIpc) is 3.68. The molecule has 2 aliphatic heterocycles. The minimum Gasteiger partial charge on any atom is -0.497 e. The number of alkyl halides is 1. The second kappa shape index (κ2) is 14.3. The summed E-state index contributed by atoms with van der Waals surface area (Å²) in [7, 11) is 1.64. The molecule has 3 fully saturated rings. The number of nitrogens with zero attached hydrogens (tertiary/aromatic N) is 3. The number of halogens is 3. The molecule has 47 heavy (non-hydrogen) atoms. The van der Waals surface area contributed by atoms with Crippen LogP contribution in [0.1, 0.15) is 67.9 Å². The Morgan fingerprint density at radius 1 is 0.957 bits per heavy atom. The number of likely N-dealkylation sites (tertiary alicyclic amines) is 1. The van der Waals surface area contributed by atoms with Crippen LogP contribution in [-0.2, 0) is 4.74 Å². The summed E-state index contributed by atoms with van der Waals surface area (Å²) in [5.74, 6) is 1.43. The van der Waals surface area contributed by atoms with Crippen LogP contribution in [0.4, 0.5) is 8.78 Å². The molecule has 0 radical (unpaired) electrons. The van der Waals surface area contributed by atoms with Gasteiger partial charge in [-0.05, 0) is 121 Å². The topological polar surface area (TPSA) is 48.8 Å². The van der Waals surface area contributed by atoms with Crippen LogP contribution in [-0.4, -0.2) is 61.3 Å². The van der Waals surface area contributed by atoms with Gasteiger partial charge in [0, 0.05) is 25.6 Å². The van der Waals surface area contributed by atoms with Gasteiger partial charge in [-0.2, -0.15) is 4.39 Å². The molecule has 0 spiro atoms. The second-order valence-electron chi connectivity index (χ2n) is 13.0. The highest BCUT2D eigenvalue weighted by Crippen LogP contribution is 2.48. The van der Waals surface area contributed by atoms with E-state index in [2.05, 4.69) is 28.2 Å². The van der Waals surface area contributed by atoms with Crippen LogP contribution >= 0.6 is 11.6 Å². The van der Waals surface area contributed by atoms with Crippen LogP contribution < -0.4 is 9.47 Å². The highest BCUT2D eigenvalue weighted by Gasteiger charge is 2.30. The Hall–Kier alpha value is -3.46. The lowest BCUT2D eigenvalue weighted by molar-refractivity contribution is -0.0375. The van der Waals surface area contributed by atoms with Crippen molar-refractivity contribution in [3.05, 3.63) is 88.3 Å². The number of hydrogen-bond donors (Lipinski definition) is 0. The third-order valence-corrected chi connectivity index (χ3v) is 10.3. The first-order valence-electron chi connectivity index (χ1n) is 16.9. The van der Waals surface area contributed by atoms with Gasteiger partial charge in [0.25, 0.3) is 0 Å². The van der Waals surface area contributed by atoms with Gasteiger partial charge in [0.15, 0.2) is 6.23 Å².